The van der Waals surface area contributed by atoms with Crippen LogP contribution in [-0.2, 0) is 0 Å². The van der Waals surface area contributed by atoms with Crippen LogP contribution < -0.4 is 14.4 Å². The fourth-order valence-corrected chi connectivity index (χ4v) is 3.68. The molecule has 1 saturated heterocycles. The van der Waals surface area contributed by atoms with E-state index in [1.807, 2.05) is 43.3 Å². The number of methoxy groups -OCH3 is 1. The summed E-state index contributed by atoms with van der Waals surface area (Å²) in [6, 6.07) is 16.4. The lowest BCUT2D eigenvalue weighted by atomic mass is 10.1. The number of amides is 1. The van der Waals surface area contributed by atoms with E-state index < -0.39 is 0 Å². The summed E-state index contributed by atoms with van der Waals surface area (Å²) in [7, 11) is 1.55. The van der Waals surface area contributed by atoms with Gasteiger partial charge in [-0.05, 0) is 37.3 Å². The third kappa shape index (κ3) is 4.88. The second-order valence-corrected chi connectivity index (χ2v) is 7.59. The molecule has 31 heavy (non-hydrogen) atoms. The maximum atomic E-state index is 13.0. The molecular formula is C23H23ClN4O3. The van der Waals surface area contributed by atoms with Crippen molar-refractivity contribution in [2.24, 2.45) is 0 Å². The number of carbonyl (C=O) groups is 1. The van der Waals surface area contributed by atoms with Crippen molar-refractivity contribution in [3.05, 3.63) is 71.0 Å². The van der Waals surface area contributed by atoms with Gasteiger partial charge in [-0.15, -0.1) is 0 Å². The number of rotatable bonds is 5. The fraction of sp³-hybridized carbons (Fsp3) is 0.261. The van der Waals surface area contributed by atoms with E-state index in [-0.39, 0.29) is 5.91 Å². The Bertz CT molecular complexity index is 1070. The maximum absolute atomic E-state index is 13.0. The zero-order chi connectivity index (χ0) is 21.8. The molecule has 1 aliphatic heterocycles. The van der Waals surface area contributed by atoms with Crippen LogP contribution in [0, 0.1) is 6.92 Å². The molecule has 0 spiro atoms. The molecule has 4 rings (SSSR count). The molecule has 1 fully saturated rings. The van der Waals surface area contributed by atoms with Crippen LogP contribution in [0.25, 0.3) is 0 Å². The minimum Gasteiger partial charge on any atom is -0.496 e. The molecule has 0 aliphatic carbocycles. The highest BCUT2D eigenvalue weighted by Gasteiger charge is 2.25. The van der Waals surface area contributed by atoms with Crippen molar-refractivity contribution < 1.29 is 14.3 Å². The number of ether oxygens (including phenoxy) is 2. The average molecular weight is 439 g/mol. The van der Waals surface area contributed by atoms with Crippen LogP contribution in [0.15, 0.2) is 54.6 Å². The van der Waals surface area contributed by atoms with Gasteiger partial charge >= 0.3 is 0 Å². The number of carbonyl (C=O) groups excluding carboxylic acids is 1. The lowest BCUT2D eigenvalue weighted by Crippen LogP contribution is -2.49. The summed E-state index contributed by atoms with van der Waals surface area (Å²) in [5, 5.41) is 0.505. The van der Waals surface area contributed by atoms with Gasteiger partial charge in [-0.1, -0.05) is 29.8 Å². The molecule has 0 unspecified atom stereocenters. The summed E-state index contributed by atoms with van der Waals surface area (Å²) in [5.74, 6) is 3.06. The van der Waals surface area contributed by atoms with Crippen LogP contribution >= 0.6 is 11.6 Å². The van der Waals surface area contributed by atoms with E-state index in [1.165, 1.54) is 0 Å². The van der Waals surface area contributed by atoms with E-state index >= 15 is 0 Å². The quantitative estimate of drug-likeness (QED) is 0.594. The van der Waals surface area contributed by atoms with E-state index in [1.54, 1.807) is 30.2 Å². The smallest absolute Gasteiger partial charge is 0.257 e. The first kappa shape index (κ1) is 20.9. The Morgan fingerprint density at radius 1 is 1.00 bits per heavy atom. The number of hydrogen-bond donors (Lipinski definition) is 0. The van der Waals surface area contributed by atoms with Crippen LogP contribution in [0.4, 0.5) is 5.82 Å². The Morgan fingerprint density at radius 3 is 2.45 bits per heavy atom. The van der Waals surface area contributed by atoms with E-state index in [4.69, 9.17) is 21.1 Å². The third-order valence-corrected chi connectivity index (χ3v) is 5.28. The molecule has 2 heterocycles. The topological polar surface area (TPSA) is 67.8 Å². The molecule has 0 radical (unpaired) electrons. The highest BCUT2D eigenvalue weighted by atomic mass is 35.5. The normalized spacial score (nSPS) is 13.8. The molecule has 8 heteroatoms. The monoisotopic (exact) mass is 438 g/mol. The SMILES string of the molecule is COc1ccc(Cl)cc1C(=O)N1CCN(c2cc(Oc3ccccc3)nc(C)n2)CC1. The van der Waals surface area contributed by atoms with Crippen molar-refractivity contribution >= 4 is 23.3 Å². The van der Waals surface area contributed by atoms with Gasteiger partial charge in [-0.3, -0.25) is 4.79 Å². The first-order chi connectivity index (χ1) is 15.0. The van der Waals surface area contributed by atoms with Gasteiger partial charge in [-0.2, -0.15) is 4.98 Å². The Balaban J connectivity index is 1.45. The second kappa shape index (κ2) is 9.22. The molecule has 1 aliphatic rings. The lowest BCUT2D eigenvalue weighted by molar-refractivity contribution is 0.0743. The van der Waals surface area contributed by atoms with Crippen molar-refractivity contribution in [3.63, 3.8) is 0 Å². The number of aryl methyl sites for hydroxylation is 1. The minimum absolute atomic E-state index is 0.0917. The maximum Gasteiger partial charge on any atom is 0.257 e. The highest BCUT2D eigenvalue weighted by molar-refractivity contribution is 6.31. The number of nitrogens with zero attached hydrogens (tertiary/aromatic N) is 4. The zero-order valence-corrected chi connectivity index (χ0v) is 18.2. The van der Waals surface area contributed by atoms with Gasteiger partial charge in [0.15, 0.2) is 0 Å². The third-order valence-electron chi connectivity index (χ3n) is 5.05. The number of halogens is 1. The molecule has 2 aromatic carbocycles. The van der Waals surface area contributed by atoms with Gasteiger partial charge < -0.3 is 19.3 Å². The summed E-state index contributed by atoms with van der Waals surface area (Å²) < 4.78 is 11.2. The number of benzene rings is 2. The summed E-state index contributed by atoms with van der Waals surface area (Å²) >= 11 is 6.09. The largest absolute Gasteiger partial charge is 0.496 e. The van der Waals surface area contributed by atoms with E-state index in [0.29, 0.717) is 54.2 Å². The van der Waals surface area contributed by atoms with Gasteiger partial charge in [0.05, 0.1) is 12.7 Å². The first-order valence-electron chi connectivity index (χ1n) is 10.00. The summed E-state index contributed by atoms with van der Waals surface area (Å²) in [5.41, 5.74) is 0.472. The second-order valence-electron chi connectivity index (χ2n) is 7.15. The number of hydrogen-bond acceptors (Lipinski definition) is 6. The molecule has 0 bridgehead atoms. The van der Waals surface area contributed by atoms with Crippen molar-refractivity contribution in [1.82, 2.24) is 14.9 Å². The Morgan fingerprint density at radius 2 is 1.74 bits per heavy atom. The number of para-hydroxylation sites is 1. The van der Waals surface area contributed by atoms with Crippen molar-refractivity contribution in [1.29, 1.82) is 0 Å². The van der Waals surface area contributed by atoms with Crippen molar-refractivity contribution in [3.8, 4) is 17.4 Å². The van der Waals surface area contributed by atoms with Gasteiger partial charge in [-0.25, -0.2) is 4.98 Å². The van der Waals surface area contributed by atoms with Crippen molar-refractivity contribution in [2.75, 3.05) is 38.2 Å². The Kier molecular flexibility index (Phi) is 6.23. The predicted octanol–water partition coefficient (Wildman–Crippen LogP) is 4.20. The van der Waals surface area contributed by atoms with E-state index in [0.717, 1.165) is 11.6 Å². The zero-order valence-electron chi connectivity index (χ0n) is 17.4. The summed E-state index contributed by atoms with van der Waals surface area (Å²) in [6.45, 7) is 4.26. The molecule has 0 saturated carbocycles. The summed E-state index contributed by atoms with van der Waals surface area (Å²) in [6.07, 6.45) is 0. The molecule has 160 valence electrons. The predicted molar refractivity (Wildman–Crippen MR) is 119 cm³/mol. The van der Waals surface area contributed by atoms with Crippen LogP contribution in [-0.4, -0.2) is 54.1 Å². The molecule has 0 N–H and O–H groups in total. The molecule has 1 amide bonds. The number of anilines is 1. The van der Waals surface area contributed by atoms with E-state index in [9.17, 15) is 4.79 Å². The number of piperazine rings is 1. The van der Waals surface area contributed by atoms with Gasteiger partial charge in [0, 0.05) is 37.3 Å². The first-order valence-corrected chi connectivity index (χ1v) is 10.4. The van der Waals surface area contributed by atoms with Crippen LogP contribution in [0.3, 0.4) is 0 Å². The minimum atomic E-state index is -0.0917. The average Bonchev–Trinajstić information content (AvgIpc) is 2.79. The molecular weight excluding hydrogens is 416 g/mol. The van der Waals surface area contributed by atoms with Gasteiger partial charge in [0.1, 0.15) is 23.1 Å². The van der Waals surface area contributed by atoms with Crippen molar-refractivity contribution in [2.45, 2.75) is 6.92 Å². The van der Waals surface area contributed by atoms with Gasteiger partial charge in [0.2, 0.25) is 5.88 Å². The fourth-order valence-electron chi connectivity index (χ4n) is 3.51. The van der Waals surface area contributed by atoms with Gasteiger partial charge in [0.25, 0.3) is 5.91 Å². The van der Waals surface area contributed by atoms with Crippen LogP contribution in [0.2, 0.25) is 5.02 Å². The standard InChI is InChI=1S/C23H23ClN4O3/c1-16-25-21(15-22(26-16)31-18-6-4-3-5-7-18)27-10-12-28(13-11-27)23(29)19-14-17(24)8-9-20(19)30-2/h3-9,14-15H,10-13H2,1-2H3. The molecule has 0 atom stereocenters. The lowest BCUT2D eigenvalue weighted by Gasteiger charge is -2.35. The Hall–Kier alpha value is -3.32. The summed E-state index contributed by atoms with van der Waals surface area (Å²) in [4.78, 5) is 25.9. The Labute approximate surface area is 186 Å². The highest BCUT2D eigenvalue weighted by Crippen LogP contribution is 2.26. The van der Waals surface area contributed by atoms with Crippen LogP contribution in [0.5, 0.6) is 17.4 Å². The van der Waals surface area contributed by atoms with E-state index in [2.05, 4.69) is 14.9 Å². The number of aromatic nitrogens is 2. The molecule has 7 nitrogen and oxygen atoms in total. The molecule has 3 aromatic rings. The van der Waals surface area contributed by atoms with Crippen LogP contribution in [0.1, 0.15) is 16.2 Å². The molecule has 1 aromatic heterocycles.